The molecule has 2 atom stereocenters. The molecule has 1 aliphatic heterocycles. The van der Waals surface area contributed by atoms with Crippen molar-refractivity contribution >= 4 is 28.8 Å². The molecule has 1 unspecified atom stereocenters. The molecule has 2 aromatic rings. The highest BCUT2D eigenvalue weighted by molar-refractivity contribution is 7.10. The van der Waals surface area contributed by atoms with Crippen LogP contribution in [0.5, 0.6) is 5.75 Å². The summed E-state index contributed by atoms with van der Waals surface area (Å²) in [4.78, 5) is 14.9. The van der Waals surface area contributed by atoms with Gasteiger partial charge in [-0.2, -0.15) is 0 Å². The van der Waals surface area contributed by atoms with Crippen molar-refractivity contribution in [1.82, 2.24) is 5.32 Å². The number of rotatable bonds is 7. The molecule has 0 spiro atoms. The molecule has 0 saturated carbocycles. The average Bonchev–Trinajstić information content (AvgIpc) is 3.24. The van der Waals surface area contributed by atoms with Gasteiger partial charge in [-0.15, -0.1) is 11.3 Å². The van der Waals surface area contributed by atoms with Gasteiger partial charge in [-0.25, -0.2) is 0 Å². The van der Waals surface area contributed by atoms with E-state index in [2.05, 4.69) is 22.8 Å². The minimum atomic E-state index is 0.0909. The second-order valence-electron chi connectivity index (χ2n) is 5.95. The quantitative estimate of drug-likeness (QED) is 0.739. The van der Waals surface area contributed by atoms with Gasteiger partial charge >= 0.3 is 0 Å². The van der Waals surface area contributed by atoms with E-state index in [1.807, 2.05) is 12.1 Å². The van der Waals surface area contributed by atoms with E-state index in [1.165, 1.54) is 22.6 Å². The summed E-state index contributed by atoms with van der Waals surface area (Å²) in [6, 6.07) is 12.0. The maximum absolute atomic E-state index is 12.2. The SMILES string of the molecule is O=C(C[NH+]1CCC[C@@H]1c1cccs1)NCCOc1ccc(Cl)cc1. The number of hydrogen-bond donors (Lipinski definition) is 2. The average molecular weight is 366 g/mol. The molecule has 1 amide bonds. The van der Waals surface area contributed by atoms with Crippen LogP contribution < -0.4 is 15.0 Å². The predicted molar refractivity (Wildman–Crippen MR) is 96.9 cm³/mol. The Morgan fingerprint density at radius 2 is 2.17 bits per heavy atom. The van der Waals surface area contributed by atoms with E-state index in [9.17, 15) is 4.79 Å². The summed E-state index contributed by atoms with van der Waals surface area (Å²) < 4.78 is 5.58. The van der Waals surface area contributed by atoms with Crippen LogP contribution in [0.2, 0.25) is 5.02 Å². The topological polar surface area (TPSA) is 42.8 Å². The van der Waals surface area contributed by atoms with E-state index in [1.54, 1.807) is 23.5 Å². The molecule has 4 nitrogen and oxygen atoms in total. The number of nitrogens with one attached hydrogen (secondary N) is 2. The van der Waals surface area contributed by atoms with Crippen molar-refractivity contribution in [2.75, 3.05) is 26.2 Å². The van der Waals surface area contributed by atoms with Crippen molar-refractivity contribution in [2.24, 2.45) is 0 Å². The van der Waals surface area contributed by atoms with Gasteiger partial charge in [0, 0.05) is 17.9 Å². The normalized spacial score (nSPS) is 20.0. The second kappa shape index (κ2) is 8.51. The van der Waals surface area contributed by atoms with Gasteiger partial charge in [0.2, 0.25) is 0 Å². The standard InChI is InChI=1S/C18H21ClN2O2S/c19-14-5-7-15(8-6-14)23-11-9-20-18(22)13-21-10-1-3-16(21)17-4-2-12-24-17/h2,4-8,12,16H,1,3,9-11,13H2,(H,20,22)/p+1/t16-/m1/s1. The van der Waals surface area contributed by atoms with Gasteiger partial charge in [-0.1, -0.05) is 17.7 Å². The zero-order valence-electron chi connectivity index (χ0n) is 13.5. The Kier molecular flexibility index (Phi) is 6.12. The fourth-order valence-electron chi connectivity index (χ4n) is 3.12. The number of hydrogen-bond acceptors (Lipinski definition) is 3. The molecule has 128 valence electrons. The summed E-state index contributed by atoms with van der Waals surface area (Å²) in [5.74, 6) is 0.852. The zero-order valence-corrected chi connectivity index (χ0v) is 15.0. The molecule has 0 radical (unpaired) electrons. The molecule has 0 aliphatic carbocycles. The van der Waals surface area contributed by atoms with Crippen molar-refractivity contribution in [2.45, 2.75) is 18.9 Å². The first kappa shape index (κ1) is 17.3. The molecular weight excluding hydrogens is 344 g/mol. The molecule has 1 saturated heterocycles. The molecule has 1 aliphatic rings. The third-order valence-corrected chi connectivity index (χ3v) is 5.50. The highest BCUT2D eigenvalue weighted by Crippen LogP contribution is 2.23. The van der Waals surface area contributed by atoms with Crippen molar-refractivity contribution in [3.8, 4) is 5.75 Å². The molecule has 1 aromatic carbocycles. The maximum Gasteiger partial charge on any atom is 0.275 e. The van der Waals surface area contributed by atoms with Crippen LogP contribution >= 0.6 is 22.9 Å². The van der Waals surface area contributed by atoms with Crippen LogP contribution in [0, 0.1) is 0 Å². The lowest BCUT2D eigenvalue weighted by atomic mass is 10.2. The lowest BCUT2D eigenvalue weighted by Crippen LogP contribution is -3.11. The number of carbonyl (C=O) groups excluding carboxylic acids is 1. The van der Waals surface area contributed by atoms with Gasteiger partial charge in [-0.05, 0) is 35.7 Å². The van der Waals surface area contributed by atoms with Crippen LogP contribution in [0.1, 0.15) is 23.8 Å². The molecule has 0 bridgehead atoms. The molecule has 1 fully saturated rings. The number of ether oxygens (including phenoxy) is 1. The molecule has 3 rings (SSSR count). The van der Waals surface area contributed by atoms with Gasteiger partial charge in [0.1, 0.15) is 18.4 Å². The van der Waals surface area contributed by atoms with E-state index in [-0.39, 0.29) is 5.91 Å². The van der Waals surface area contributed by atoms with Gasteiger partial charge in [-0.3, -0.25) is 4.79 Å². The van der Waals surface area contributed by atoms with Crippen LogP contribution in [-0.4, -0.2) is 32.1 Å². The molecule has 2 N–H and O–H groups in total. The minimum Gasteiger partial charge on any atom is -0.492 e. The zero-order chi connectivity index (χ0) is 16.8. The smallest absolute Gasteiger partial charge is 0.275 e. The second-order valence-corrected chi connectivity index (χ2v) is 7.36. The number of quaternary nitrogens is 1. The largest absolute Gasteiger partial charge is 0.492 e. The first-order valence-corrected chi connectivity index (χ1v) is 9.51. The van der Waals surface area contributed by atoms with Gasteiger partial charge in [0.05, 0.1) is 18.0 Å². The Balaban J connectivity index is 1.38. The summed E-state index contributed by atoms with van der Waals surface area (Å²) in [6.07, 6.45) is 2.35. The first-order valence-electron chi connectivity index (χ1n) is 8.25. The Bertz CT molecular complexity index is 646. The van der Waals surface area contributed by atoms with Crippen molar-refractivity contribution in [3.05, 3.63) is 51.7 Å². The fourth-order valence-corrected chi connectivity index (χ4v) is 4.16. The van der Waals surface area contributed by atoms with Gasteiger partial charge in [0.15, 0.2) is 6.54 Å². The Hall–Kier alpha value is -1.56. The first-order chi connectivity index (χ1) is 11.7. The predicted octanol–water partition coefficient (Wildman–Crippen LogP) is 2.32. The summed E-state index contributed by atoms with van der Waals surface area (Å²) in [5, 5.41) is 5.74. The van der Waals surface area contributed by atoms with Crippen LogP contribution in [0.15, 0.2) is 41.8 Å². The van der Waals surface area contributed by atoms with Crippen LogP contribution in [0.3, 0.4) is 0 Å². The van der Waals surface area contributed by atoms with Crippen molar-refractivity contribution in [1.29, 1.82) is 0 Å². The number of amides is 1. The number of carbonyl (C=O) groups is 1. The Morgan fingerprint density at radius 3 is 2.92 bits per heavy atom. The number of thiophene rings is 1. The van der Waals surface area contributed by atoms with E-state index in [0.717, 1.165) is 12.3 Å². The molecule has 1 aromatic heterocycles. The Morgan fingerprint density at radius 1 is 1.33 bits per heavy atom. The highest BCUT2D eigenvalue weighted by atomic mass is 35.5. The van der Waals surface area contributed by atoms with Crippen LogP contribution in [0.25, 0.3) is 0 Å². The summed E-state index contributed by atoms with van der Waals surface area (Å²) in [5.41, 5.74) is 0. The Labute approximate surface area is 151 Å². The van der Waals surface area contributed by atoms with Gasteiger partial charge < -0.3 is 15.0 Å². The minimum absolute atomic E-state index is 0.0909. The molecule has 24 heavy (non-hydrogen) atoms. The summed E-state index contributed by atoms with van der Waals surface area (Å²) in [6.45, 7) is 2.57. The van der Waals surface area contributed by atoms with E-state index >= 15 is 0 Å². The van der Waals surface area contributed by atoms with Gasteiger partial charge in [0.25, 0.3) is 5.91 Å². The van der Waals surface area contributed by atoms with Crippen molar-refractivity contribution < 1.29 is 14.4 Å². The number of likely N-dealkylation sites (tertiary alicyclic amines) is 1. The monoisotopic (exact) mass is 365 g/mol. The summed E-state index contributed by atoms with van der Waals surface area (Å²) >= 11 is 7.62. The lowest BCUT2D eigenvalue weighted by Gasteiger charge is -2.20. The highest BCUT2D eigenvalue weighted by Gasteiger charge is 2.31. The maximum atomic E-state index is 12.2. The van der Waals surface area contributed by atoms with Crippen LogP contribution in [0.4, 0.5) is 0 Å². The molecule has 2 heterocycles. The number of benzene rings is 1. The lowest BCUT2D eigenvalue weighted by molar-refractivity contribution is -0.910. The fraction of sp³-hybridized carbons (Fsp3) is 0.389. The van der Waals surface area contributed by atoms with Crippen molar-refractivity contribution in [3.63, 3.8) is 0 Å². The van der Waals surface area contributed by atoms with E-state index in [0.29, 0.717) is 30.8 Å². The third-order valence-electron chi connectivity index (χ3n) is 4.26. The van der Waals surface area contributed by atoms with E-state index in [4.69, 9.17) is 16.3 Å². The molecular formula is C18H22ClN2O2S+. The van der Waals surface area contributed by atoms with Crippen LogP contribution in [-0.2, 0) is 4.79 Å². The summed E-state index contributed by atoms with van der Waals surface area (Å²) in [7, 11) is 0. The number of halogens is 1. The van der Waals surface area contributed by atoms with E-state index < -0.39 is 0 Å². The molecule has 6 heteroatoms. The third kappa shape index (κ3) is 4.72.